The van der Waals surface area contributed by atoms with Gasteiger partial charge in [-0.15, -0.1) is 11.3 Å². The second kappa shape index (κ2) is 7.41. The summed E-state index contributed by atoms with van der Waals surface area (Å²) in [5, 5.41) is 5.75. The molecule has 0 saturated heterocycles. The fraction of sp³-hybridized carbons (Fsp3) is 0.438. The summed E-state index contributed by atoms with van der Waals surface area (Å²) in [6, 6.07) is 8.68. The molecule has 20 heavy (non-hydrogen) atoms. The van der Waals surface area contributed by atoms with Gasteiger partial charge in [0.25, 0.3) is 0 Å². The Balaban J connectivity index is 2.06. The predicted octanol–water partition coefficient (Wildman–Crippen LogP) is 4.03. The van der Waals surface area contributed by atoms with Gasteiger partial charge in [-0.3, -0.25) is 0 Å². The van der Waals surface area contributed by atoms with Crippen molar-refractivity contribution in [1.29, 1.82) is 0 Å². The third-order valence-corrected chi connectivity index (χ3v) is 4.12. The van der Waals surface area contributed by atoms with Crippen LogP contribution in [-0.2, 0) is 6.54 Å². The Bertz CT molecular complexity index is 511. The van der Waals surface area contributed by atoms with Crippen molar-refractivity contribution in [3.63, 3.8) is 0 Å². The summed E-state index contributed by atoms with van der Waals surface area (Å²) in [6.07, 6.45) is 1.77. The zero-order valence-electron chi connectivity index (χ0n) is 12.3. The van der Waals surface area contributed by atoms with Gasteiger partial charge in [-0.1, -0.05) is 26.0 Å². The van der Waals surface area contributed by atoms with Gasteiger partial charge in [-0.05, 0) is 30.4 Å². The molecule has 1 N–H and O–H groups in total. The van der Waals surface area contributed by atoms with Crippen molar-refractivity contribution >= 4 is 11.3 Å². The van der Waals surface area contributed by atoms with Gasteiger partial charge >= 0.3 is 0 Å². The van der Waals surface area contributed by atoms with Crippen molar-refractivity contribution in [3.05, 3.63) is 46.3 Å². The monoisotopic (exact) mass is 290 g/mol. The number of hydrogen-bond donors (Lipinski definition) is 1. The van der Waals surface area contributed by atoms with Crippen molar-refractivity contribution in [3.8, 4) is 5.88 Å². The van der Waals surface area contributed by atoms with E-state index < -0.39 is 0 Å². The highest BCUT2D eigenvalue weighted by Gasteiger charge is 2.17. The first-order valence-electron chi connectivity index (χ1n) is 7.05. The van der Waals surface area contributed by atoms with Crippen LogP contribution in [0.1, 0.15) is 37.3 Å². The van der Waals surface area contributed by atoms with Crippen LogP contribution in [0.5, 0.6) is 5.88 Å². The Morgan fingerprint density at radius 2 is 2.15 bits per heavy atom. The van der Waals surface area contributed by atoms with Crippen molar-refractivity contribution < 1.29 is 4.74 Å². The van der Waals surface area contributed by atoms with Crippen LogP contribution in [0.2, 0.25) is 0 Å². The van der Waals surface area contributed by atoms with E-state index in [-0.39, 0.29) is 0 Å². The molecule has 2 aromatic rings. The number of thiophene rings is 1. The number of aromatic nitrogens is 1. The quantitative estimate of drug-likeness (QED) is 0.836. The number of nitrogens with zero attached hydrogens (tertiary/aromatic N) is 1. The Hall–Kier alpha value is -1.39. The molecular weight excluding hydrogens is 268 g/mol. The summed E-state index contributed by atoms with van der Waals surface area (Å²) in [5.41, 5.74) is 1.11. The maximum absolute atomic E-state index is 5.57. The van der Waals surface area contributed by atoms with E-state index in [1.54, 1.807) is 17.5 Å². The van der Waals surface area contributed by atoms with E-state index in [0.717, 1.165) is 18.0 Å². The molecule has 0 unspecified atom stereocenters. The van der Waals surface area contributed by atoms with Gasteiger partial charge in [-0.25, -0.2) is 4.98 Å². The predicted molar refractivity (Wildman–Crippen MR) is 84.1 cm³/mol. The third-order valence-electron chi connectivity index (χ3n) is 3.16. The zero-order valence-corrected chi connectivity index (χ0v) is 13.1. The molecule has 1 atom stereocenters. The largest absolute Gasteiger partial charge is 0.478 e. The topological polar surface area (TPSA) is 34.1 Å². The molecule has 0 saturated carbocycles. The van der Waals surface area contributed by atoms with Crippen LogP contribution in [0.3, 0.4) is 0 Å². The lowest BCUT2D eigenvalue weighted by Gasteiger charge is -2.21. The average molecular weight is 290 g/mol. The Morgan fingerprint density at radius 1 is 1.30 bits per heavy atom. The number of nitrogens with one attached hydrogen (secondary N) is 1. The van der Waals surface area contributed by atoms with Gasteiger partial charge in [0.15, 0.2) is 0 Å². The molecule has 2 aromatic heterocycles. The molecular formula is C16H22N2OS. The number of pyridine rings is 1. The summed E-state index contributed by atoms with van der Waals surface area (Å²) in [6.45, 7) is 7.87. The van der Waals surface area contributed by atoms with E-state index in [2.05, 4.69) is 47.7 Å². The summed E-state index contributed by atoms with van der Waals surface area (Å²) in [4.78, 5) is 5.67. The number of hydrogen-bond acceptors (Lipinski definition) is 4. The van der Waals surface area contributed by atoms with Crippen LogP contribution in [-0.4, -0.2) is 11.6 Å². The van der Waals surface area contributed by atoms with Crippen molar-refractivity contribution in [2.45, 2.75) is 33.4 Å². The first-order chi connectivity index (χ1) is 9.72. The van der Waals surface area contributed by atoms with E-state index in [1.165, 1.54) is 4.88 Å². The molecule has 0 fully saturated rings. The molecule has 0 bridgehead atoms. The molecule has 0 aliphatic rings. The Morgan fingerprint density at radius 3 is 2.80 bits per heavy atom. The highest BCUT2D eigenvalue weighted by atomic mass is 32.1. The highest BCUT2D eigenvalue weighted by Crippen LogP contribution is 2.26. The maximum Gasteiger partial charge on any atom is 0.217 e. The molecule has 3 nitrogen and oxygen atoms in total. The normalized spacial score (nSPS) is 12.6. The average Bonchev–Trinajstić information content (AvgIpc) is 2.94. The van der Waals surface area contributed by atoms with Gasteiger partial charge in [0.2, 0.25) is 5.88 Å². The van der Waals surface area contributed by atoms with E-state index in [1.807, 2.05) is 13.0 Å². The van der Waals surface area contributed by atoms with Crippen molar-refractivity contribution in [1.82, 2.24) is 10.3 Å². The highest BCUT2D eigenvalue weighted by molar-refractivity contribution is 7.10. The van der Waals surface area contributed by atoms with Gasteiger partial charge in [-0.2, -0.15) is 0 Å². The molecule has 0 aromatic carbocycles. The smallest absolute Gasteiger partial charge is 0.217 e. The van der Waals surface area contributed by atoms with Gasteiger partial charge in [0.1, 0.15) is 0 Å². The Kier molecular flexibility index (Phi) is 5.56. The zero-order chi connectivity index (χ0) is 14.4. The summed E-state index contributed by atoms with van der Waals surface area (Å²) in [5.74, 6) is 1.28. The van der Waals surface area contributed by atoms with Gasteiger partial charge < -0.3 is 10.1 Å². The standard InChI is InChI=1S/C16H22N2OS/c1-4-19-16-13(7-5-9-17-16)11-18-15(12(2)3)14-8-6-10-20-14/h5-10,12,15,18H,4,11H2,1-3H3/t15-/m0/s1. The van der Waals surface area contributed by atoms with Crippen LogP contribution in [0.15, 0.2) is 35.8 Å². The van der Waals surface area contributed by atoms with Crippen LogP contribution >= 0.6 is 11.3 Å². The van der Waals surface area contributed by atoms with Crippen molar-refractivity contribution in [2.75, 3.05) is 6.61 Å². The summed E-state index contributed by atoms with van der Waals surface area (Å²) < 4.78 is 5.57. The fourth-order valence-corrected chi connectivity index (χ4v) is 3.15. The molecule has 2 heterocycles. The molecule has 108 valence electrons. The molecule has 0 spiro atoms. The summed E-state index contributed by atoms with van der Waals surface area (Å²) in [7, 11) is 0. The first kappa shape index (κ1) is 15.0. The van der Waals surface area contributed by atoms with Crippen LogP contribution in [0.4, 0.5) is 0 Å². The van der Waals surface area contributed by atoms with Gasteiger partial charge in [0.05, 0.1) is 6.61 Å². The van der Waals surface area contributed by atoms with Crippen LogP contribution in [0.25, 0.3) is 0 Å². The number of ether oxygens (including phenoxy) is 1. The summed E-state index contributed by atoms with van der Waals surface area (Å²) >= 11 is 1.80. The minimum absolute atomic E-state index is 0.365. The lowest BCUT2D eigenvalue weighted by Crippen LogP contribution is -2.25. The minimum atomic E-state index is 0.365. The lowest BCUT2D eigenvalue weighted by molar-refractivity contribution is 0.319. The molecule has 0 aliphatic heterocycles. The molecule has 0 radical (unpaired) electrons. The molecule has 4 heteroatoms. The second-order valence-electron chi connectivity index (χ2n) is 5.02. The van der Waals surface area contributed by atoms with E-state index >= 15 is 0 Å². The first-order valence-corrected chi connectivity index (χ1v) is 7.93. The SMILES string of the molecule is CCOc1ncccc1CN[C@H](c1cccs1)C(C)C. The number of rotatable bonds is 7. The van der Waals surface area contributed by atoms with E-state index in [0.29, 0.717) is 18.6 Å². The van der Waals surface area contributed by atoms with Crippen LogP contribution < -0.4 is 10.1 Å². The van der Waals surface area contributed by atoms with Crippen molar-refractivity contribution in [2.24, 2.45) is 5.92 Å². The fourth-order valence-electron chi connectivity index (χ4n) is 2.18. The molecule has 0 amide bonds. The van der Waals surface area contributed by atoms with E-state index in [4.69, 9.17) is 4.74 Å². The third kappa shape index (κ3) is 3.81. The minimum Gasteiger partial charge on any atom is -0.478 e. The van der Waals surface area contributed by atoms with Crippen LogP contribution in [0, 0.1) is 5.92 Å². The lowest BCUT2D eigenvalue weighted by atomic mass is 10.0. The van der Waals surface area contributed by atoms with Gasteiger partial charge in [0, 0.05) is 29.2 Å². The Labute approximate surface area is 125 Å². The van der Waals surface area contributed by atoms with E-state index in [9.17, 15) is 0 Å². The molecule has 2 rings (SSSR count). The molecule has 0 aliphatic carbocycles. The second-order valence-corrected chi connectivity index (χ2v) is 6.00. The maximum atomic E-state index is 5.57.